The zero-order valence-corrected chi connectivity index (χ0v) is 10.4. The summed E-state index contributed by atoms with van der Waals surface area (Å²) in [6, 6.07) is 0. The highest BCUT2D eigenvalue weighted by atomic mass is 14.8. The molecule has 0 aliphatic heterocycles. The predicted octanol–water partition coefficient (Wildman–Crippen LogP) is 4.10. The molecular formula is C14H24. The Labute approximate surface area is 88.5 Å². The fourth-order valence-corrected chi connectivity index (χ4v) is 5.48. The van der Waals surface area contributed by atoms with Gasteiger partial charge in [-0.15, -0.1) is 0 Å². The second-order valence-corrected chi connectivity index (χ2v) is 7.38. The van der Waals surface area contributed by atoms with Crippen LogP contribution in [0.4, 0.5) is 0 Å². The van der Waals surface area contributed by atoms with Crippen molar-refractivity contribution in [2.75, 3.05) is 0 Å². The fourth-order valence-electron chi connectivity index (χ4n) is 5.48. The van der Waals surface area contributed by atoms with Gasteiger partial charge < -0.3 is 0 Å². The zero-order chi connectivity index (χ0) is 10.4. The van der Waals surface area contributed by atoms with Crippen LogP contribution in [0.2, 0.25) is 0 Å². The highest BCUT2D eigenvalue weighted by Gasteiger charge is 2.79. The SMILES string of the molecule is CC1CC2CC(C)(C)C(C)C23CC13C. The van der Waals surface area contributed by atoms with Crippen molar-refractivity contribution in [2.45, 2.75) is 53.9 Å². The van der Waals surface area contributed by atoms with Crippen molar-refractivity contribution in [3.05, 3.63) is 0 Å². The van der Waals surface area contributed by atoms with E-state index in [2.05, 4.69) is 34.6 Å². The zero-order valence-electron chi connectivity index (χ0n) is 10.4. The van der Waals surface area contributed by atoms with Crippen LogP contribution in [0.3, 0.4) is 0 Å². The minimum Gasteiger partial charge on any atom is -0.0620 e. The summed E-state index contributed by atoms with van der Waals surface area (Å²) >= 11 is 0. The molecule has 3 rings (SSSR count). The molecule has 3 aliphatic rings. The van der Waals surface area contributed by atoms with Crippen LogP contribution in [0, 0.1) is 34.0 Å². The molecule has 0 aromatic rings. The molecule has 5 atom stereocenters. The Morgan fingerprint density at radius 1 is 1.07 bits per heavy atom. The van der Waals surface area contributed by atoms with E-state index >= 15 is 0 Å². The Morgan fingerprint density at radius 2 is 1.71 bits per heavy atom. The van der Waals surface area contributed by atoms with Gasteiger partial charge in [-0.3, -0.25) is 0 Å². The molecule has 0 N–H and O–H groups in total. The molecule has 0 radical (unpaired) electrons. The molecule has 5 unspecified atom stereocenters. The standard InChI is InChI=1S/C14H24/c1-9-6-11-7-12(3,4)10(2)14(11)8-13(9,14)5/h9-11H,6-8H2,1-5H3. The summed E-state index contributed by atoms with van der Waals surface area (Å²) in [6.45, 7) is 12.6. The lowest BCUT2D eigenvalue weighted by Crippen LogP contribution is -2.23. The van der Waals surface area contributed by atoms with Gasteiger partial charge in [0.2, 0.25) is 0 Å². The summed E-state index contributed by atoms with van der Waals surface area (Å²) in [5.74, 6) is 3.01. The minimum atomic E-state index is 0.614. The third kappa shape index (κ3) is 0.686. The highest BCUT2D eigenvalue weighted by molar-refractivity contribution is 5.27. The highest BCUT2D eigenvalue weighted by Crippen LogP contribution is 2.86. The van der Waals surface area contributed by atoms with Crippen molar-refractivity contribution in [3.8, 4) is 0 Å². The molecule has 80 valence electrons. The van der Waals surface area contributed by atoms with Crippen LogP contribution in [0.15, 0.2) is 0 Å². The molecule has 0 aromatic carbocycles. The number of hydrogen-bond acceptors (Lipinski definition) is 0. The van der Waals surface area contributed by atoms with Crippen molar-refractivity contribution in [2.24, 2.45) is 34.0 Å². The minimum absolute atomic E-state index is 0.614. The smallest absolute Gasteiger partial charge is 0.0176 e. The van der Waals surface area contributed by atoms with Gasteiger partial charge in [0.15, 0.2) is 0 Å². The van der Waals surface area contributed by atoms with Gasteiger partial charge in [-0.25, -0.2) is 0 Å². The van der Waals surface area contributed by atoms with Gasteiger partial charge in [0.05, 0.1) is 0 Å². The van der Waals surface area contributed by atoms with Crippen molar-refractivity contribution in [1.82, 2.24) is 0 Å². The molecular weight excluding hydrogens is 168 g/mol. The number of rotatable bonds is 0. The molecule has 3 fully saturated rings. The van der Waals surface area contributed by atoms with Gasteiger partial charge >= 0.3 is 0 Å². The van der Waals surface area contributed by atoms with E-state index in [9.17, 15) is 0 Å². The molecule has 3 aliphatic carbocycles. The summed E-state index contributed by atoms with van der Waals surface area (Å²) in [7, 11) is 0. The van der Waals surface area contributed by atoms with E-state index in [0.29, 0.717) is 5.41 Å². The molecule has 3 saturated carbocycles. The summed E-state index contributed by atoms with van der Waals surface area (Å²) in [4.78, 5) is 0. The van der Waals surface area contributed by atoms with E-state index in [-0.39, 0.29) is 0 Å². The summed E-state index contributed by atoms with van der Waals surface area (Å²) < 4.78 is 0. The fraction of sp³-hybridized carbons (Fsp3) is 1.00. The molecule has 0 saturated heterocycles. The van der Waals surface area contributed by atoms with Crippen LogP contribution < -0.4 is 0 Å². The van der Waals surface area contributed by atoms with E-state index in [4.69, 9.17) is 0 Å². The van der Waals surface area contributed by atoms with E-state index in [0.717, 1.165) is 28.6 Å². The van der Waals surface area contributed by atoms with Crippen LogP contribution >= 0.6 is 0 Å². The Balaban J connectivity index is 2.03. The van der Waals surface area contributed by atoms with Crippen LogP contribution in [-0.2, 0) is 0 Å². The first-order valence-corrected chi connectivity index (χ1v) is 6.34. The molecule has 14 heavy (non-hydrogen) atoms. The monoisotopic (exact) mass is 192 g/mol. The molecule has 0 heteroatoms. The first kappa shape index (κ1) is 9.24. The van der Waals surface area contributed by atoms with Gasteiger partial charge in [-0.1, -0.05) is 34.6 Å². The van der Waals surface area contributed by atoms with Gasteiger partial charge in [0.1, 0.15) is 0 Å². The van der Waals surface area contributed by atoms with Gasteiger partial charge in [0, 0.05) is 0 Å². The van der Waals surface area contributed by atoms with Crippen molar-refractivity contribution in [1.29, 1.82) is 0 Å². The Hall–Kier alpha value is 0. The molecule has 0 nitrogen and oxygen atoms in total. The normalized spacial score (nSPS) is 63.6. The third-order valence-electron chi connectivity index (χ3n) is 6.77. The molecule has 0 amide bonds. The second-order valence-electron chi connectivity index (χ2n) is 7.38. The maximum absolute atomic E-state index is 2.57. The molecule has 0 heterocycles. The average molecular weight is 192 g/mol. The van der Waals surface area contributed by atoms with Crippen LogP contribution in [0.1, 0.15) is 53.9 Å². The summed E-state index contributed by atoms with van der Waals surface area (Å²) in [5, 5.41) is 0. The molecule has 0 aromatic heterocycles. The van der Waals surface area contributed by atoms with Gasteiger partial charge in [-0.2, -0.15) is 0 Å². The van der Waals surface area contributed by atoms with Crippen molar-refractivity contribution in [3.63, 3.8) is 0 Å². The van der Waals surface area contributed by atoms with Crippen LogP contribution in [0.25, 0.3) is 0 Å². The Morgan fingerprint density at radius 3 is 2.21 bits per heavy atom. The molecule has 0 bridgehead atoms. The molecule has 1 spiro atoms. The summed E-state index contributed by atoms with van der Waals surface area (Å²) in [6.07, 6.45) is 4.55. The largest absolute Gasteiger partial charge is 0.0620 e. The summed E-state index contributed by atoms with van der Waals surface area (Å²) in [5.41, 5.74) is 2.11. The van der Waals surface area contributed by atoms with E-state index < -0.39 is 0 Å². The second kappa shape index (κ2) is 2.08. The first-order valence-electron chi connectivity index (χ1n) is 6.34. The average Bonchev–Trinajstić information content (AvgIpc) is 2.60. The van der Waals surface area contributed by atoms with Crippen LogP contribution in [0.5, 0.6) is 0 Å². The predicted molar refractivity (Wildman–Crippen MR) is 60.0 cm³/mol. The Bertz CT molecular complexity index is 290. The topological polar surface area (TPSA) is 0 Å². The maximum atomic E-state index is 2.57. The van der Waals surface area contributed by atoms with E-state index in [1.165, 1.54) is 19.3 Å². The third-order valence-corrected chi connectivity index (χ3v) is 6.77. The lowest BCUT2D eigenvalue weighted by Gasteiger charge is -2.30. The van der Waals surface area contributed by atoms with Crippen LogP contribution in [-0.4, -0.2) is 0 Å². The Kier molecular flexibility index (Phi) is 1.37. The van der Waals surface area contributed by atoms with Crippen molar-refractivity contribution < 1.29 is 0 Å². The maximum Gasteiger partial charge on any atom is -0.0176 e. The lowest BCUT2D eigenvalue weighted by molar-refractivity contribution is 0.185. The van der Waals surface area contributed by atoms with E-state index in [1.807, 2.05) is 0 Å². The van der Waals surface area contributed by atoms with E-state index in [1.54, 1.807) is 0 Å². The van der Waals surface area contributed by atoms with Gasteiger partial charge in [-0.05, 0) is 53.3 Å². The number of hydrogen-bond donors (Lipinski definition) is 0. The quantitative estimate of drug-likeness (QED) is 0.542. The lowest BCUT2D eigenvalue weighted by atomic mass is 9.75. The van der Waals surface area contributed by atoms with Gasteiger partial charge in [0.25, 0.3) is 0 Å². The van der Waals surface area contributed by atoms with Crippen molar-refractivity contribution >= 4 is 0 Å². The first-order chi connectivity index (χ1) is 6.34.